The maximum atomic E-state index is 12.8. The molecule has 5 nitrogen and oxygen atoms in total. The largest absolute Gasteiger partial charge is 0.349 e. The highest BCUT2D eigenvalue weighted by Crippen LogP contribution is 2.26. The zero-order chi connectivity index (χ0) is 20.1. The molecular formula is C23H34N4O. The number of piperidine rings is 1. The summed E-state index contributed by atoms with van der Waals surface area (Å²) in [5.74, 6) is 0.746. The lowest BCUT2D eigenvalue weighted by molar-refractivity contribution is 0.0904. The Morgan fingerprint density at radius 1 is 1.25 bits per heavy atom. The molecule has 0 spiro atoms. The van der Waals surface area contributed by atoms with Gasteiger partial charge in [-0.25, -0.2) is 0 Å². The summed E-state index contributed by atoms with van der Waals surface area (Å²) in [7, 11) is 1.84. The Bertz CT molecular complexity index is 772. The first-order valence-corrected chi connectivity index (χ1v) is 10.6. The van der Waals surface area contributed by atoms with Crippen LogP contribution in [0, 0.1) is 12.8 Å². The van der Waals surface area contributed by atoms with Crippen molar-refractivity contribution in [2.45, 2.75) is 52.5 Å². The Balaban J connectivity index is 1.72. The van der Waals surface area contributed by atoms with Gasteiger partial charge in [-0.1, -0.05) is 50.1 Å². The molecule has 1 aliphatic heterocycles. The van der Waals surface area contributed by atoms with Crippen LogP contribution in [0.2, 0.25) is 0 Å². The van der Waals surface area contributed by atoms with E-state index in [1.807, 2.05) is 13.1 Å². The number of hydrogen-bond donors (Lipinski definition) is 1. The van der Waals surface area contributed by atoms with E-state index in [0.29, 0.717) is 12.2 Å². The van der Waals surface area contributed by atoms with Gasteiger partial charge in [0.1, 0.15) is 5.69 Å². The van der Waals surface area contributed by atoms with Crippen molar-refractivity contribution in [3.63, 3.8) is 0 Å². The van der Waals surface area contributed by atoms with Gasteiger partial charge in [0.2, 0.25) is 0 Å². The lowest BCUT2D eigenvalue weighted by Crippen LogP contribution is -2.42. The molecular weight excluding hydrogens is 348 g/mol. The molecule has 152 valence electrons. The zero-order valence-electron chi connectivity index (χ0n) is 17.7. The van der Waals surface area contributed by atoms with Crippen LogP contribution in [0.5, 0.6) is 0 Å². The van der Waals surface area contributed by atoms with Gasteiger partial charge < -0.3 is 5.32 Å². The third kappa shape index (κ3) is 5.02. The van der Waals surface area contributed by atoms with Gasteiger partial charge in [0, 0.05) is 13.6 Å². The minimum atomic E-state index is -0.0418. The third-order valence-electron chi connectivity index (χ3n) is 5.85. The van der Waals surface area contributed by atoms with Gasteiger partial charge in [-0.3, -0.25) is 14.4 Å². The van der Waals surface area contributed by atoms with Crippen LogP contribution in [0.1, 0.15) is 66.5 Å². The molecule has 1 fully saturated rings. The summed E-state index contributed by atoms with van der Waals surface area (Å²) in [6.07, 6.45) is 4.37. The second kappa shape index (κ2) is 9.37. The maximum absolute atomic E-state index is 12.8. The molecule has 1 saturated heterocycles. The van der Waals surface area contributed by atoms with Crippen molar-refractivity contribution < 1.29 is 4.79 Å². The van der Waals surface area contributed by atoms with Gasteiger partial charge in [-0.2, -0.15) is 5.10 Å². The first-order chi connectivity index (χ1) is 13.5. The number of likely N-dealkylation sites (tertiary alicyclic amines) is 1. The monoisotopic (exact) mass is 382 g/mol. The van der Waals surface area contributed by atoms with Crippen LogP contribution in [-0.2, 0) is 13.5 Å². The van der Waals surface area contributed by atoms with Crippen molar-refractivity contribution in [1.82, 2.24) is 20.0 Å². The van der Waals surface area contributed by atoms with Gasteiger partial charge in [0.05, 0.1) is 11.7 Å². The standard InChI is InChI=1S/C23H34N4O/c1-5-6-20-15-21(26(4)25-20)23(28)24-16-22(19-9-7-17(2)8-10-19)27-13-11-18(3)12-14-27/h7-10,15,18,22H,5-6,11-14,16H2,1-4H3,(H,24,28)/t22-/m0/s1. The summed E-state index contributed by atoms with van der Waals surface area (Å²) in [5, 5.41) is 7.64. The fourth-order valence-corrected chi connectivity index (χ4v) is 3.98. The van der Waals surface area contributed by atoms with Gasteiger partial charge in [-0.05, 0) is 56.8 Å². The van der Waals surface area contributed by atoms with Crippen molar-refractivity contribution in [2.75, 3.05) is 19.6 Å². The second-order valence-electron chi connectivity index (χ2n) is 8.25. The van der Waals surface area contributed by atoms with Crippen LogP contribution in [0.25, 0.3) is 0 Å². The molecule has 1 aromatic heterocycles. The van der Waals surface area contributed by atoms with Crippen molar-refractivity contribution in [3.05, 3.63) is 52.8 Å². The molecule has 3 rings (SSSR count). The molecule has 2 heterocycles. The van der Waals surface area contributed by atoms with Crippen LogP contribution < -0.4 is 5.32 Å². The van der Waals surface area contributed by atoms with E-state index in [2.05, 4.69) is 60.4 Å². The number of benzene rings is 1. The fraction of sp³-hybridized carbons (Fsp3) is 0.565. The molecule has 1 atom stereocenters. The summed E-state index contributed by atoms with van der Waals surface area (Å²) in [6.45, 7) is 9.35. The molecule has 1 N–H and O–H groups in total. The molecule has 0 bridgehead atoms. The Kier molecular flexibility index (Phi) is 6.89. The van der Waals surface area contributed by atoms with Crippen LogP contribution in [0.15, 0.2) is 30.3 Å². The summed E-state index contributed by atoms with van der Waals surface area (Å²) in [6, 6.07) is 10.9. The average Bonchev–Trinajstić information content (AvgIpc) is 3.05. The van der Waals surface area contributed by atoms with Crippen molar-refractivity contribution in [1.29, 1.82) is 0 Å². The molecule has 5 heteroatoms. The SMILES string of the molecule is CCCc1cc(C(=O)NC[C@@H](c2ccc(C)cc2)N2CCC(C)CC2)n(C)n1. The third-order valence-corrected chi connectivity index (χ3v) is 5.85. The number of nitrogens with zero attached hydrogens (tertiary/aromatic N) is 3. The number of rotatable bonds is 7. The van der Waals surface area contributed by atoms with E-state index >= 15 is 0 Å². The van der Waals surface area contributed by atoms with E-state index in [0.717, 1.165) is 37.5 Å². The number of amides is 1. The minimum absolute atomic E-state index is 0.0418. The first kappa shape index (κ1) is 20.6. The van der Waals surface area contributed by atoms with E-state index in [9.17, 15) is 4.79 Å². The minimum Gasteiger partial charge on any atom is -0.349 e. The van der Waals surface area contributed by atoms with Gasteiger partial charge in [-0.15, -0.1) is 0 Å². The zero-order valence-corrected chi connectivity index (χ0v) is 17.7. The van der Waals surface area contributed by atoms with E-state index in [1.54, 1.807) is 4.68 Å². The summed E-state index contributed by atoms with van der Waals surface area (Å²) in [4.78, 5) is 15.3. The topological polar surface area (TPSA) is 50.2 Å². The van der Waals surface area contributed by atoms with E-state index in [-0.39, 0.29) is 11.9 Å². The number of aromatic nitrogens is 2. The van der Waals surface area contributed by atoms with Gasteiger partial charge in [0.15, 0.2) is 0 Å². The molecule has 2 aromatic rings. The van der Waals surface area contributed by atoms with E-state index < -0.39 is 0 Å². The Morgan fingerprint density at radius 2 is 1.93 bits per heavy atom. The molecule has 1 aliphatic rings. The van der Waals surface area contributed by atoms with Crippen molar-refractivity contribution >= 4 is 5.91 Å². The van der Waals surface area contributed by atoms with Crippen LogP contribution in [0.4, 0.5) is 0 Å². The van der Waals surface area contributed by atoms with Crippen LogP contribution in [0.3, 0.4) is 0 Å². The van der Waals surface area contributed by atoms with Crippen molar-refractivity contribution in [2.24, 2.45) is 13.0 Å². The molecule has 1 aromatic carbocycles. The van der Waals surface area contributed by atoms with E-state index in [1.165, 1.54) is 24.0 Å². The number of carbonyl (C=O) groups is 1. The maximum Gasteiger partial charge on any atom is 0.269 e. The van der Waals surface area contributed by atoms with Crippen LogP contribution in [-0.4, -0.2) is 40.2 Å². The molecule has 1 amide bonds. The van der Waals surface area contributed by atoms with Crippen molar-refractivity contribution in [3.8, 4) is 0 Å². The number of aryl methyl sites for hydroxylation is 3. The van der Waals surface area contributed by atoms with Gasteiger partial charge >= 0.3 is 0 Å². The Labute approximate surface area is 169 Å². The van der Waals surface area contributed by atoms with Crippen LogP contribution >= 0.6 is 0 Å². The highest BCUT2D eigenvalue weighted by molar-refractivity contribution is 5.92. The first-order valence-electron chi connectivity index (χ1n) is 10.6. The lowest BCUT2D eigenvalue weighted by atomic mass is 9.95. The summed E-state index contributed by atoms with van der Waals surface area (Å²) >= 11 is 0. The normalized spacial score (nSPS) is 16.9. The predicted molar refractivity (Wildman–Crippen MR) is 113 cm³/mol. The highest BCUT2D eigenvalue weighted by Gasteiger charge is 2.25. The Hall–Kier alpha value is -2.14. The number of hydrogen-bond acceptors (Lipinski definition) is 3. The fourth-order valence-electron chi connectivity index (χ4n) is 3.98. The highest BCUT2D eigenvalue weighted by atomic mass is 16.2. The predicted octanol–water partition coefficient (Wildman–Crippen LogP) is 3.88. The summed E-state index contributed by atoms with van der Waals surface area (Å²) in [5.41, 5.74) is 4.16. The molecule has 0 radical (unpaired) electrons. The Morgan fingerprint density at radius 3 is 2.57 bits per heavy atom. The van der Waals surface area contributed by atoms with Gasteiger partial charge in [0.25, 0.3) is 5.91 Å². The number of nitrogens with one attached hydrogen (secondary N) is 1. The second-order valence-corrected chi connectivity index (χ2v) is 8.25. The molecule has 0 saturated carbocycles. The number of carbonyl (C=O) groups excluding carboxylic acids is 1. The summed E-state index contributed by atoms with van der Waals surface area (Å²) < 4.78 is 1.70. The average molecular weight is 383 g/mol. The molecule has 0 unspecified atom stereocenters. The molecule has 28 heavy (non-hydrogen) atoms. The lowest BCUT2D eigenvalue weighted by Gasteiger charge is -2.37. The smallest absolute Gasteiger partial charge is 0.269 e. The quantitative estimate of drug-likeness (QED) is 0.790. The molecule has 0 aliphatic carbocycles. The van der Waals surface area contributed by atoms with E-state index in [4.69, 9.17) is 0 Å².